The Hall–Kier alpha value is -1.40. The van der Waals surface area contributed by atoms with Gasteiger partial charge in [-0.3, -0.25) is 0 Å². The maximum Gasteiger partial charge on any atom is 0.161 e. The van der Waals surface area contributed by atoms with Gasteiger partial charge in [-0.2, -0.15) is 0 Å². The number of halogens is 5. The van der Waals surface area contributed by atoms with Crippen LogP contribution < -0.4 is 5.32 Å². The van der Waals surface area contributed by atoms with E-state index >= 15 is 0 Å². The van der Waals surface area contributed by atoms with Gasteiger partial charge in [-0.1, -0.05) is 15.9 Å². The molecule has 1 atom stereocenters. The summed E-state index contributed by atoms with van der Waals surface area (Å²) in [7, 11) is 1.48. The summed E-state index contributed by atoms with van der Waals surface area (Å²) in [6.45, 7) is 0. The molecule has 106 valence electrons. The van der Waals surface area contributed by atoms with Crippen molar-refractivity contribution in [1.29, 1.82) is 0 Å². The molecule has 0 aliphatic rings. The van der Waals surface area contributed by atoms with E-state index in [9.17, 15) is 17.6 Å². The van der Waals surface area contributed by atoms with Crippen LogP contribution in [0.4, 0.5) is 17.6 Å². The minimum Gasteiger partial charge on any atom is -0.309 e. The van der Waals surface area contributed by atoms with Crippen molar-refractivity contribution in [3.05, 3.63) is 69.2 Å². The van der Waals surface area contributed by atoms with E-state index < -0.39 is 29.3 Å². The standard InChI is InChI=1S/C14H10BrF4N/c1-20-14(8-4-7(15)2-3-10(8)16)9-5-12(18)13(19)6-11(9)17/h2-6,14,20H,1H3. The zero-order valence-electron chi connectivity index (χ0n) is 10.4. The Balaban J connectivity index is 2.58. The summed E-state index contributed by atoms with van der Waals surface area (Å²) in [6.07, 6.45) is 0. The molecule has 2 aromatic rings. The Morgan fingerprint density at radius 3 is 2.10 bits per heavy atom. The second-order valence-electron chi connectivity index (χ2n) is 4.18. The van der Waals surface area contributed by atoms with E-state index in [2.05, 4.69) is 21.2 Å². The van der Waals surface area contributed by atoms with Crippen molar-refractivity contribution in [3.8, 4) is 0 Å². The van der Waals surface area contributed by atoms with Gasteiger partial charge in [0.1, 0.15) is 11.6 Å². The fourth-order valence-electron chi connectivity index (χ4n) is 1.97. The van der Waals surface area contributed by atoms with Crippen molar-refractivity contribution < 1.29 is 17.6 Å². The van der Waals surface area contributed by atoms with Gasteiger partial charge in [0.15, 0.2) is 11.6 Å². The van der Waals surface area contributed by atoms with E-state index in [1.807, 2.05) is 0 Å². The Morgan fingerprint density at radius 2 is 1.45 bits per heavy atom. The monoisotopic (exact) mass is 347 g/mol. The van der Waals surface area contributed by atoms with Gasteiger partial charge >= 0.3 is 0 Å². The largest absolute Gasteiger partial charge is 0.309 e. The second kappa shape index (κ2) is 5.93. The molecule has 0 amide bonds. The zero-order chi connectivity index (χ0) is 14.9. The van der Waals surface area contributed by atoms with Crippen LogP contribution in [0.25, 0.3) is 0 Å². The summed E-state index contributed by atoms with van der Waals surface area (Å²) in [5.74, 6) is -3.98. The lowest BCUT2D eigenvalue weighted by molar-refractivity contribution is 0.481. The molecule has 0 fully saturated rings. The summed E-state index contributed by atoms with van der Waals surface area (Å²) >= 11 is 3.19. The maximum atomic E-state index is 13.9. The first kappa shape index (κ1) is 15.0. The van der Waals surface area contributed by atoms with Crippen molar-refractivity contribution >= 4 is 15.9 Å². The van der Waals surface area contributed by atoms with Crippen molar-refractivity contribution in [1.82, 2.24) is 5.32 Å². The average molecular weight is 348 g/mol. The minimum absolute atomic E-state index is 0.131. The van der Waals surface area contributed by atoms with Crippen molar-refractivity contribution in [2.75, 3.05) is 7.05 Å². The highest BCUT2D eigenvalue weighted by Gasteiger charge is 2.22. The molecule has 2 aromatic carbocycles. The van der Waals surface area contributed by atoms with Crippen LogP contribution in [0.15, 0.2) is 34.8 Å². The second-order valence-corrected chi connectivity index (χ2v) is 5.09. The minimum atomic E-state index is -1.28. The summed E-state index contributed by atoms with van der Waals surface area (Å²) < 4.78 is 54.5. The third-order valence-electron chi connectivity index (χ3n) is 2.91. The highest BCUT2D eigenvalue weighted by Crippen LogP contribution is 2.29. The molecule has 0 aromatic heterocycles. The van der Waals surface area contributed by atoms with E-state index in [1.165, 1.54) is 25.2 Å². The molecule has 0 radical (unpaired) electrons. The number of nitrogens with one attached hydrogen (secondary N) is 1. The Bertz CT molecular complexity index is 645. The first-order valence-electron chi connectivity index (χ1n) is 5.70. The lowest BCUT2D eigenvalue weighted by atomic mass is 9.97. The number of hydrogen-bond acceptors (Lipinski definition) is 1. The van der Waals surface area contributed by atoms with Gasteiger partial charge < -0.3 is 5.32 Å². The molecule has 2 rings (SSSR count). The maximum absolute atomic E-state index is 13.9. The molecule has 1 nitrogen and oxygen atoms in total. The normalized spacial score (nSPS) is 12.5. The third-order valence-corrected chi connectivity index (χ3v) is 3.40. The summed E-state index contributed by atoms with van der Waals surface area (Å²) in [5.41, 5.74) is -0.0322. The van der Waals surface area contributed by atoms with E-state index in [0.29, 0.717) is 10.5 Å². The Morgan fingerprint density at radius 1 is 0.850 bits per heavy atom. The average Bonchev–Trinajstić information content (AvgIpc) is 2.40. The number of benzene rings is 2. The van der Waals surface area contributed by atoms with Gasteiger partial charge in [0.2, 0.25) is 0 Å². The van der Waals surface area contributed by atoms with E-state index in [0.717, 1.165) is 6.07 Å². The molecule has 0 bridgehead atoms. The Labute approximate surface area is 121 Å². The van der Waals surface area contributed by atoms with Crippen LogP contribution in [-0.2, 0) is 0 Å². The predicted octanol–water partition coefficient (Wildman–Crippen LogP) is 4.31. The lowest BCUT2D eigenvalue weighted by Gasteiger charge is -2.19. The van der Waals surface area contributed by atoms with Crippen LogP contribution in [0.5, 0.6) is 0 Å². The van der Waals surface area contributed by atoms with Gasteiger partial charge in [0.05, 0.1) is 6.04 Å². The van der Waals surface area contributed by atoms with Crippen LogP contribution in [-0.4, -0.2) is 7.05 Å². The van der Waals surface area contributed by atoms with Gasteiger partial charge in [-0.05, 0) is 31.3 Å². The molecule has 0 spiro atoms. The van der Waals surface area contributed by atoms with Crippen LogP contribution >= 0.6 is 15.9 Å². The Kier molecular flexibility index (Phi) is 4.45. The molecule has 0 saturated heterocycles. The smallest absolute Gasteiger partial charge is 0.161 e. The fourth-order valence-corrected chi connectivity index (χ4v) is 2.35. The quantitative estimate of drug-likeness (QED) is 0.644. The molecule has 0 heterocycles. The van der Waals surface area contributed by atoms with E-state index in [4.69, 9.17) is 0 Å². The lowest BCUT2D eigenvalue weighted by Crippen LogP contribution is -2.20. The fraction of sp³-hybridized carbons (Fsp3) is 0.143. The highest BCUT2D eigenvalue weighted by molar-refractivity contribution is 9.10. The van der Waals surface area contributed by atoms with E-state index in [-0.39, 0.29) is 11.1 Å². The van der Waals surface area contributed by atoms with Crippen molar-refractivity contribution in [2.24, 2.45) is 0 Å². The number of rotatable bonds is 3. The van der Waals surface area contributed by atoms with Gasteiger partial charge in [-0.15, -0.1) is 0 Å². The molecule has 1 N–H and O–H groups in total. The molecule has 0 aliphatic heterocycles. The van der Waals surface area contributed by atoms with E-state index in [1.54, 1.807) is 0 Å². The van der Waals surface area contributed by atoms with Crippen molar-refractivity contribution in [2.45, 2.75) is 6.04 Å². The molecule has 0 saturated carbocycles. The first-order chi connectivity index (χ1) is 9.43. The third kappa shape index (κ3) is 2.86. The van der Waals surface area contributed by atoms with Crippen LogP contribution in [0.2, 0.25) is 0 Å². The zero-order valence-corrected chi connectivity index (χ0v) is 11.9. The summed E-state index contributed by atoms with van der Waals surface area (Å²) in [5, 5.41) is 2.70. The molecule has 1 unspecified atom stereocenters. The summed E-state index contributed by atoms with van der Waals surface area (Å²) in [4.78, 5) is 0. The van der Waals surface area contributed by atoms with Crippen LogP contribution in [0.1, 0.15) is 17.2 Å². The van der Waals surface area contributed by atoms with Gasteiger partial charge in [0, 0.05) is 21.7 Å². The molecule has 6 heteroatoms. The van der Waals surface area contributed by atoms with Gasteiger partial charge in [-0.25, -0.2) is 17.6 Å². The van der Waals surface area contributed by atoms with Crippen molar-refractivity contribution in [3.63, 3.8) is 0 Å². The molecular formula is C14H10BrF4N. The van der Waals surface area contributed by atoms with Crippen LogP contribution in [0, 0.1) is 23.3 Å². The molecule has 0 aliphatic carbocycles. The highest BCUT2D eigenvalue weighted by atomic mass is 79.9. The first-order valence-corrected chi connectivity index (χ1v) is 6.50. The van der Waals surface area contributed by atoms with Crippen LogP contribution in [0.3, 0.4) is 0 Å². The topological polar surface area (TPSA) is 12.0 Å². The van der Waals surface area contributed by atoms with Gasteiger partial charge in [0.25, 0.3) is 0 Å². The molecule has 20 heavy (non-hydrogen) atoms. The summed E-state index contributed by atoms with van der Waals surface area (Å²) in [6, 6.07) is 4.41. The molecular weight excluding hydrogens is 338 g/mol. The number of hydrogen-bond donors (Lipinski definition) is 1. The predicted molar refractivity (Wildman–Crippen MR) is 71.3 cm³/mol. The SMILES string of the molecule is CNC(c1cc(Br)ccc1F)c1cc(F)c(F)cc1F.